The van der Waals surface area contributed by atoms with E-state index < -0.39 is 0 Å². The van der Waals surface area contributed by atoms with Gasteiger partial charge in [-0.25, -0.2) is 18.7 Å². The first kappa shape index (κ1) is 21.1. The number of pyridine rings is 2. The maximum Gasteiger partial charge on any atom is 0.128 e. The zero-order valence-electron chi connectivity index (χ0n) is 18.2. The molecule has 4 aromatic rings. The first-order valence-electron chi connectivity index (χ1n) is 11.1. The maximum atomic E-state index is 13.2. The third kappa shape index (κ3) is 4.85. The van der Waals surface area contributed by atoms with Gasteiger partial charge in [-0.15, -0.1) is 0 Å². The highest BCUT2D eigenvalue weighted by Gasteiger charge is 2.17. The third-order valence-electron chi connectivity index (χ3n) is 5.99. The van der Waals surface area contributed by atoms with Crippen LogP contribution in [0.5, 0.6) is 0 Å². The van der Waals surface area contributed by atoms with Gasteiger partial charge in [-0.2, -0.15) is 0 Å². The molecule has 33 heavy (non-hydrogen) atoms. The van der Waals surface area contributed by atoms with Gasteiger partial charge in [-0.3, -0.25) is 0 Å². The van der Waals surface area contributed by atoms with Crippen LogP contribution in [0.2, 0.25) is 0 Å². The molecule has 0 amide bonds. The van der Waals surface area contributed by atoms with E-state index in [9.17, 15) is 8.78 Å². The Hall–Kier alpha value is -3.80. The van der Waals surface area contributed by atoms with Crippen molar-refractivity contribution in [3.8, 4) is 22.3 Å². The second-order valence-corrected chi connectivity index (χ2v) is 8.15. The van der Waals surface area contributed by atoms with Gasteiger partial charge in [0.05, 0.1) is 0 Å². The van der Waals surface area contributed by atoms with Crippen LogP contribution >= 0.6 is 0 Å². The van der Waals surface area contributed by atoms with Crippen molar-refractivity contribution in [3.63, 3.8) is 0 Å². The average molecular weight is 443 g/mol. The largest absolute Gasteiger partial charge is 0.355 e. The molecule has 6 heteroatoms. The van der Waals surface area contributed by atoms with E-state index >= 15 is 0 Å². The summed E-state index contributed by atoms with van der Waals surface area (Å²) in [4.78, 5) is 13.9. The standard InChI is InChI=1S/C27H24F2N4/c28-24-8-2-20(3-9-24)22-6-12-26(30-18-22)32-14-1-15-33(17-16-32)27-13-7-23(19-31-27)21-4-10-25(29)11-5-21/h2-13,18-19H,1,14-17H2. The summed E-state index contributed by atoms with van der Waals surface area (Å²) in [5.74, 6) is 1.42. The zero-order valence-corrected chi connectivity index (χ0v) is 18.2. The number of rotatable bonds is 4. The monoisotopic (exact) mass is 442 g/mol. The summed E-state index contributed by atoms with van der Waals surface area (Å²) in [5, 5.41) is 0. The van der Waals surface area contributed by atoms with Gasteiger partial charge in [-0.05, 0) is 66.1 Å². The molecule has 2 aromatic carbocycles. The molecule has 1 aliphatic rings. The molecule has 1 fully saturated rings. The third-order valence-corrected chi connectivity index (χ3v) is 5.99. The molecular formula is C27H24F2N4. The Balaban J connectivity index is 1.24. The molecule has 0 bridgehead atoms. The lowest BCUT2D eigenvalue weighted by Crippen LogP contribution is -2.31. The number of halogens is 2. The molecule has 4 nitrogen and oxygen atoms in total. The molecular weight excluding hydrogens is 418 g/mol. The van der Waals surface area contributed by atoms with Crippen LogP contribution in [0.1, 0.15) is 6.42 Å². The van der Waals surface area contributed by atoms with Crippen LogP contribution in [0.4, 0.5) is 20.4 Å². The van der Waals surface area contributed by atoms with Gasteiger partial charge in [0, 0.05) is 49.7 Å². The minimum atomic E-state index is -0.239. The van der Waals surface area contributed by atoms with Crippen molar-refractivity contribution in [1.82, 2.24) is 9.97 Å². The average Bonchev–Trinajstić information content (AvgIpc) is 3.12. The molecule has 2 aromatic heterocycles. The number of hydrogen-bond donors (Lipinski definition) is 0. The summed E-state index contributed by atoms with van der Waals surface area (Å²) in [5.41, 5.74) is 3.85. The van der Waals surface area contributed by atoms with Crippen LogP contribution in [-0.2, 0) is 0 Å². The minimum Gasteiger partial charge on any atom is -0.355 e. The topological polar surface area (TPSA) is 32.3 Å². The van der Waals surface area contributed by atoms with Crippen molar-refractivity contribution in [2.75, 3.05) is 36.0 Å². The number of nitrogens with zero attached hydrogens (tertiary/aromatic N) is 4. The van der Waals surface area contributed by atoms with Gasteiger partial charge >= 0.3 is 0 Å². The van der Waals surface area contributed by atoms with E-state index in [0.29, 0.717) is 0 Å². The normalized spacial score (nSPS) is 14.2. The van der Waals surface area contributed by atoms with Crippen LogP contribution in [0.15, 0.2) is 85.2 Å². The van der Waals surface area contributed by atoms with Crippen molar-refractivity contribution < 1.29 is 8.78 Å². The fourth-order valence-electron chi connectivity index (χ4n) is 4.15. The maximum absolute atomic E-state index is 13.2. The van der Waals surface area contributed by atoms with Crippen molar-refractivity contribution in [3.05, 3.63) is 96.8 Å². The fourth-order valence-corrected chi connectivity index (χ4v) is 4.15. The van der Waals surface area contributed by atoms with E-state index in [1.807, 2.05) is 36.7 Å². The highest BCUT2D eigenvalue weighted by Crippen LogP contribution is 2.24. The zero-order chi connectivity index (χ0) is 22.6. The first-order chi connectivity index (χ1) is 16.2. The summed E-state index contributed by atoms with van der Waals surface area (Å²) in [6.45, 7) is 3.55. The lowest BCUT2D eigenvalue weighted by Gasteiger charge is -2.23. The molecule has 0 N–H and O–H groups in total. The van der Waals surface area contributed by atoms with Crippen molar-refractivity contribution in [2.45, 2.75) is 6.42 Å². The molecule has 0 atom stereocenters. The van der Waals surface area contributed by atoms with E-state index in [0.717, 1.165) is 66.5 Å². The van der Waals surface area contributed by atoms with E-state index in [2.05, 4.69) is 19.8 Å². The van der Waals surface area contributed by atoms with Gasteiger partial charge < -0.3 is 9.80 Å². The second kappa shape index (κ2) is 9.36. The first-order valence-corrected chi connectivity index (χ1v) is 11.1. The molecule has 0 unspecified atom stereocenters. The molecule has 0 spiro atoms. The van der Waals surface area contributed by atoms with Gasteiger partial charge in [0.1, 0.15) is 23.3 Å². The SMILES string of the molecule is Fc1ccc(-c2ccc(N3CCCN(c4ccc(-c5ccc(F)cc5)cn4)CC3)nc2)cc1. The van der Waals surface area contributed by atoms with Gasteiger partial charge in [-0.1, -0.05) is 24.3 Å². The van der Waals surface area contributed by atoms with Crippen molar-refractivity contribution in [1.29, 1.82) is 0 Å². The lowest BCUT2D eigenvalue weighted by atomic mass is 10.1. The fraction of sp³-hybridized carbons (Fsp3) is 0.185. The van der Waals surface area contributed by atoms with Gasteiger partial charge in [0.15, 0.2) is 0 Å². The Bertz CT molecular complexity index is 1090. The molecule has 166 valence electrons. The molecule has 5 rings (SSSR count). The van der Waals surface area contributed by atoms with Crippen LogP contribution < -0.4 is 9.80 Å². The smallest absolute Gasteiger partial charge is 0.128 e. The predicted octanol–water partition coefficient (Wildman–Crippen LogP) is 5.81. The van der Waals surface area contributed by atoms with E-state index in [-0.39, 0.29) is 11.6 Å². The van der Waals surface area contributed by atoms with Crippen LogP contribution in [0.25, 0.3) is 22.3 Å². The summed E-state index contributed by atoms with van der Waals surface area (Å²) >= 11 is 0. The summed E-state index contributed by atoms with van der Waals surface area (Å²) in [6, 6.07) is 21.1. The Morgan fingerprint density at radius 2 is 0.879 bits per heavy atom. The molecule has 1 saturated heterocycles. The Morgan fingerprint density at radius 3 is 1.24 bits per heavy atom. The van der Waals surface area contributed by atoms with E-state index in [4.69, 9.17) is 0 Å². The Labute approximate surface area is 192 Å². The number of aromatic nitrogens is 2. The summed E-state index contributed by atoms with van der Waals surface area (Å²) in [6.07, 6.45) is 4.70. The highest BCUT2D eigenvalue weighted by atomic mass is 19.1. The summed E-state index contributed by atoms with van der Waals surface area (Å²) < 4.78 is 26.3. The Kier molecular flexibility index (Phi) is 5.98. The van der Waals surface area contributed by atoms with Gasteiger partial charge in [0.2, 0.25) is 0 Å². The van der Waals surface area contributed by atoms with Crippen molar-refractivity contribution in [2.24, 2.45) is 0 Å². The van der Waals surface area contributed by atoms with Gasteiger partial charge in [0.25, 0.3) is 0 Å². The number of anilines is 2. The number of benzene rings is 2. The van der Waals surface area contributed by atoms with Crippen LogP contribution in [0, 0.1) is 11.6 Å². The lowest BCUT2D eigenvalue weighted by molar-refractivity contribution is 0.627. The quantitative estimate of drug-likeness (QED) is 0.400. The molecule has 1 aliphatic heterocycles. The molecule has 0 radical (unpaired) electrons. The molecule has 3 heterocycles. The van der Waals surface area contributed by atoms with Crippen LogP contribution in [0.3, 0.4) is 0 Å². The highest BCUT2D eigenvalue weighted by molar-refractivity contribution is 5.65. The summed E-state index contributed by atoms with van der Waals surface area (Å²) in [7, 11) is 0. The van der Waals surface area contributed by atoms with E-state index in [1.165, 1.54) is 24.3 Å². The second-order valence-electron chi connectivity index (χ2n) is 8.15. The molecule has 0 aliphatic carbocycles. The van der Waals surface area contributed by atoms with Crippen molar-refractivity contribution >= 4 is 11.6 Å². The van der Waals surface area contributed by atoms with E-state index in [1.54, 1.807) is 24.3 Å². The van der Waals surface area contributed by atoms with Crippen LogP contribution in [-0.4, -0.2) is 36.1 Å². The predicted molar refractivity (Wildman–Crippen MR) is 128 cm³/mol. The Morgan fingerprint density at radius 1 is 0.485 bits per heavy atom. The number of hydrogen-bond acceptors (Lipinski definition) is 4. The molecule has 0 saturated carbocycles. The minimum absolute atomic E-state index is 0.239.